The average molecular weight is 513 g/mol. The van der Waals surface area contributed by atoms with Crippen LogP contribution in [0.1, 0.15) is 18.4 Å². The molecule has 3 aromatic rings. The lowest BCUT2D eigenvalue weighted by Gasteiger charge is -2.28. The predicted molar refractivity (Wildman–Crippen MR) is 140 cm³/mol. The number of morpholine rings is 1. The van der Waals surface area contributed by atoms with E-state index in [2.05, 4.69) is 4.90 Å². The number of thiazole rings is 1. The highest BCUT2D eigenvalue weighted by atomic mass is 35.5. The fraction of sp³-hybridized carbons (Fsp3) is 0.423. The van der Waals surface area contributed by atoms with Crippen LogP contribution in [0, 0.1) is 12.8 Å². The highest BCUT2D eigenvalue weighted by molar-refractivity contribution is 7.23. The van der Waals surface area contributed by atoms with Crippen molar-refractivity contribution in [3.8, 4) is 0 Å². The lowest BCUT2D eigenvalue weighted by Crippen LogP contribution is -2.41. The van der Waals surface area contributed by atoms with Crippen molar-refractivity contribution in [2.24, 2.45) is 5.92 Å². The molecule has 184 valence electrons. The molecule has 1 unspecified atom stereocenters. The Morgan fingerprint density at radius 3 is 2.71 bits per heavy atom. The van der Waals surface area contributed by atoms with E-state index in [0.29, 0.717) is 23.2 Å². The van der Waals surface area contributed by atoms with Crippen LogP contribution in [0.3, 0.4) is 0 Å². The van der Waals surface area contributed by atoms with Crippen molar-refractivity contribution < 1.29 is 14.3 Å². The molecule has 0 aliphatic carbocycles. The predicted octanol–water partition coefficient (Wildman–Crippen LogP) is 4.37. The molecule has 1 aromatic heterocycles. The Balaban J connectivity index is 1.38. The standard InChI is InChI=1S/C26H29ClN4O3S/c1-18-8-9-21(27)24-23(18)28-26(35-24)30(11-5-10-29-12-14-34-15-13-29)25(33)19-16-22(32)31(17-19)20-6-3-2-4-7-20/h2-4,6-9,19H,5,10-17H2,1H3. The molecule has 0 N–H and O–H groups in total. The Bertz CT molecular complexity index is 1170. The summed E-state index contributed by atoms with van der Waals surface area (Å²) in [5.41, 5.74) is 2.69. The summed E-state index contributed by atoms with van der Waals surface area (Å²) >= 11 is 7.91. The fourth-order valence-corrected chi connectivity index (χ4v) is 6.08. The van der Waals surface area contributed by atoms with Gasteiger partial charge in [-0.3, -0.25) is 19.4 Å². The van der Waals surface area contributed by atoms with Gasteiger partial charge in [-0.1, -0.05) is 47.2 Å². The molecule has 0 bridgehead atoms. The summed E-state index contributed by atoms with van der Waals surface area (Å²) < 4.78 is 6.34. The maximum Gasteiger partial charge on any atom is 0.234 e. The Hall–Kier alpha value is -2.52. The molecule has 7 nitrogen and oxygen atoms in total. The largest absolute Gasteiger partial charge is 0.379 e. The van der Waals surface area contributed by atoms with E-state index in [1.165, 1.54) is 11.3 Å². The van der Waals surface area contributed by atoms with Gasteiger partial charge in [-0.15, -0.1) is 0 Å². The summed E-state index contributed by atoms with van der Waals surface area (Å²) in [7, 11) is 0. The maximum absolute atomic E-state index is 13.8. The van der Waals surface area contributed by atoms with Gasteiger partial charge in [0.2, 0.25) is 11.8 Å². The number of nitrogens with zero attached hydrogens (tertiary/aromatic N) is 4. The van der Waals surface area contributed by atoms with Crippen LogP contribution in [0.25, 0.3) is 10.2 Å². The normalized spacial score (nSPS) is 19.0. The third-order valence-corrected chi connectivity index (χ3v) is 8.22. The van der Waals surface area contributed by atoms with Crippen LogP contribution in [-0.2, 0) is 14.3 Å². The zero-order valence-corrected chi connectivity index (χ0v) is 21.4. The van der Waals surface area contributed by atoms with Gasteiger partial charge in [0.05, 0.1) is 34.4 Å². The number of para-hydroxylation sites is 1. The number of carbonyl (C=O) groups is 2. The highest BCUT2D eigenvalue weighted by Gasteiger charge is 2.38. The molecule has 5 rings (SSSR count). The fourth-order valence-electron chi connectivity index (χ4n) is 4.73. The lowest BCUT2D eigenvalue weighted by atomic mass is 10.1. The number of anilines is 2. The number of hydrogen-bond acceptors (Lipinski definition) is 6. The van der Waals surface area contributed by atoms with E-state index in [-0.39, 0.29) is 18.2 Å². The second-order valence-corrected chi connectivity index (χ2v) is 10.5. The third-order valence-electron chi connectivity index (χ3n) is 6.68. The van der Waals surface area contributed by atoms with Crippen LogP contribution in [0.5, 0.6) is 0 Å². The molecule has 0 radical (unpaired) electrons. The van der Waals surface area contributed by atoms with Crippen LogP contribution in [0.2, 0.25) is 5.02 Å². The first-order chi connectivity index (χ1) is 17.0. The molecule has 2 fully saturated rings. The summed E-state index contributed by atoms with van der Waals surface area (Å²) in [4.78, 5) is 37.3. The molecule has 2 amide bonds. The number of amides is 2. The van der Waals surface area contributed by atoms with E-state index in [1.54, 1.807) is 9.80 Å². The van der Waals surface area contributed by atoms with E-state index in [4.69, 9.17) is 21.3 Å². The van der Waals surface area contributed by atoms with E-state index in [1.807, 2.05) is 49.4 Å². The van der Waals surface area contributed by atoms with E-state index < -0.39 is 5.92 Å². The molecule has 2 aliphatic rings. The minimum Gasteiger partial charge on any atom is -0.379 e. The molecular formula is C26H29ClN4O3S. The van der Waals surface area contributed by atoms with Crippen LogP contribution < -0.4 is 9.80 Å². The molecule has 1 atom stereocenters. The van der Waals surface area contributed by atoms with Crippen LogP contribution in [0.4, 0.5) is 10.8 Å². The van der Waals surface area contributed by atoms with E-state index in [9.17, 15) is 9.59 Å². The minimum absolute atomic E-state index is 0.0222. The van der Waals surface area contributed by atoms with Crippen LogP contribution in [-0.4, -0.2) is 67.6 Å². The Morgan fingerprint density at radius 2 is 1.97 bits per heavy atom. The molecule has 2 aromatic carbocycles. The minimum atomic E-state index is -0.408. The van der Waals surface area contributed by atoms with Gasteiger partial charge in [0, 0.05) is 44.8 Å². The van der Waals surface area contributed by atoms with Gasteiger partial charge >= 0.3 is 0 Å². The number of rotatable bonds is 7. The second-order valence-electron chi connectivity index (χ2n) is 9.08. The first-order valence-electron chi connectivity index (χ1n) is 12.0. The summed E-state index contributed by atoms with van der Waals surface area (Å²) in [6, 6.07) is 13.4. The molecule has 9 heteroatoms. The Labute approximate surface area is 214 Å². The zero-order valence-electron chi connectivity index (χ0n) is 19.8. The Morgan fingerprint density at radius 1 is 1.20 bits per heavy atom. The number of fused-ring (bicyclic) bond motifs is 1. The zero-order chi connectivity index (χ0) is 24.4. The van der Waals surface area contributed by atoms with Gasteiger partial charge in [0.25, 0.3) is 0 Å². The molecular weight excluding hydrogens is 484 g/mol. The molecule has 0 saturated carbocycles. The van der Waals surface area contributed by atoms with Gasteiger partial charge in [-0.05, 0) is 37.1 Å². The summed E-state index contributed by atoms with van der Waals surface area (Å²) in [6.07, 6.45) is 1.02. The van der Waals surface area contributed by atoms with Gasteiger partial charge < -0.3 is 9.64 Å². The van der Waals surface area contributed by atoms with Crippen LogP contribution in [0.15, 0.2) is 42.5 Å². The van der Waals surface area contributed by atoms with Crippen molar-refractivity contribution >= 4 is 55.8 Å². The van der Waals surface area contributed by atoms with Crippen molar-refractivity contribution in [2.75, 3.05) is 55.7 Å². The lowest BCUT2D eigenvalue weighted by molar-refractivity contribution is -0.124. The van der Waals surface area contributed by atoms with E-state index in [0.717, 1.165) is 60.7 Å². The molecule has 3 heterocycles. The molecule has 2 aliphatic heterocycles. The maximum atomic E-state index is 13.8. The molecule has 2 saturated heterocycles. The van der Waals surface area contributed by atoms with Crippen molar-refractivity contribution in [1.29, 1.82) is 0 Å². The average Bonchev–Trinajstić information content (AvgIpc) is 3.50. The number of halogens is 1. The SMILES string of the molecule is Cc1ccc(Cl)c2sc(N(CCCN3CCOCC3)C(=O)C3CC(=O)N(c4ccccc4)C3)nc12. The quantitative estimate of drug-likeness (QED) is 0.470. The topological polar surface area (TPSA) is 66.0 Å². The first-order valence-corrected chi connectivity index (χ1v) is 13.2. The summed E-state index contributed by atoms with van der Waals surface area (Å²) in [6.45, 7) is 7.13. The number of aryl methyl sites for hydroxylation is 1. The van der Waals surface area contributed by atoms with E-state index >= 15 is 0 Å². The van der Waals surface area contributed by atoms with Gasteiger partial charge in [-0.2, -0.15) is 0 Å². The molecule has 35 heavy (non-hydrogen) atoms. The monoisotopic (exact) mass is 512 g/mol. The van der Waals surface area contributed by atoms with Crippen molar-refractivity contribution in [2.45, 2.75) is 19.8 Å². The summed E-state index contributed by atoms with van der Waals surface area (Å²) in [5.74, 6) is -0.479. The summed E-state index contributed by atoms with van der Waals surface area (Å²) in [5, 5.41) is 1.29. The van der Waals surface area contributed by atoms with Crippen molar-refractivity contribution in [1.82, 2.24) is 9.88 Å². The van der Waals surface area contributed by atoms with Gasteiger partial charge in [0.1, 0.15) is 0 Å². The molecule has 0 spiro atoms. The second kappa shape index (κ2) is 10.6. The Kier molecular flexibility index (Phi) is 7.34. The smallest absolute Gasteiger partial charge is 0.234 e. The van der Waals surface area contributed by atoms with Crippen molar-refractivity contribution in [3.05, 3.63) is 53.1 Å². The number of benzene rings is 2. The number of carbonyl (C=O) groups excluding carboxylic acids is 2. The van der Waals surface area contributed by atoms with Gasteiger partial charge in [-0.25, -0.2) is 4.98 Å². The number of ether oxygens (including phenoxy) is 1. The number of hydrogen-bond donors (Lipinski definition) is 0. The highest BCUT2D eigenvalue weighted by Crippen LogP contribution is 2.37. The number of aromatic nitrogens is 1. The van der Waals surface area contributed by atoms with Crippen molar-refractivity contribution in [3.63, 3.8) is 0 Å². The van der Waals surface area contributed by atoms with Gasteiger partial charge in [0.15, 0.2) is 5.13 Å². The first kappa shape index (κ1) is 24.2. The van der Waals surface area contributed by atoms with Crippen LogP contribution >= 0.6 is 22.9 Å². The third kappa shape index (κ3) is 5.21.